The Morgan fingerprint density at radius 1 is 1.17 bits per heavy atom. The van der Waals surface area contributed by atoms with Crippen molar-refractivity contribution >= 4 is 40.7 Å². The Balaban J connectivity index is 1.66. The molecular weight excluding hydrogens is 434 g/mol. The molecule has 156 valence electrons. The van der Waals surface area contributed by atoms with E-state index in [2.05, 4.69) is 15.5 Å². The van der Waals surface area contributed by atoms with Crippen LogP contribution in [-0.4, -0.2) is 29.8 Å². The van der Waals surface area contributed by atoms with E-state index in [9.17, 15) is 9.18 Å². The number of carbonyl (C=O) groups excluding carboxylic acids is 1. The summed E-state index contributed by atoms with van der Waals surface area (Å²) >= 11 is 12.0. The van der Waals surface area contributed by atoms with E-state index in [0.29, 0.717) is 21.9 Å². The van der Waals surface area contributed by atoms with E-state index in [-0.39, 0.29) is 41.3 Å². The van der Waals surface area contributed by atoms with Gasteiger partial charge >= 0.3 is 0 Å². The Hall–Kier alpha value is -3.10. The second-order valence-electron chi connectivity index (χ2n) is 6.08. The van der Waals surface area contributed by atoms with Gasteiger partial charge in [-0.15, -0.1) is 10.2 Å². The number of carbonyl (C=O) groups is 1. The lowest BCUT2D eigenvalue weighted by atomic mass is 10.1. The highest BCUT2D eigenvalue weighted by molar-refractivity contribution is 6.36. The van der Waals surface area contributed by atoms with Crippen molar-refractivity contribution in [1.29, 1.82) is 0 Å². The minimum Gasteiger partial charge on any atom is -0.497 e. The molecule has 7 nitrogen and oxygen atoms in total. The zero-order chi connectivity index (χ0) is 21.7. The first-order valence-electron chi connectivity index (χ1n) is 8.73. The van der Waals surface area contributed by atoms with Gasteiger partial charge in [-0.3, -0.25) is 4.79 Å². The summed E-state index contributed by atoms with van der Waals surface area (Å²) in [4.78, 5) is 12.4. The molecule has 0 unspecified atom stereocenters. The smallest absolute Gasteiger partial charge is 0.256 e. The first-order valence-corrected chi connectivity index (χ1v) is 9.48. The van der Waals surface area contributed by atoms with Crippen LogP contribution in [0, 0.1) is 5.82 Å². The van der Waals surface area contributed by atoms with Crippen LogP contribution in [0.4, 0.5) is 16.0 Å². The molecule has 0 spiro atoms. The Morgan fingerprint density at radius 3 is 2.60 bits per heavy atom. The van der Waals surface area contributed by atoms with Gasteiger partial charge in [0.1, 0.15) is 11.6 Å². The maximum atomic E-state index is 13.6. The third-order valence-electron chi connectivity index (χ3n) is 4.13. The summed E-state index contributed by atoms with van der Waals surface area (Å²) in [6, 6.07) is 10.6. The van der Waals surface area contributed by atoms with Crippen LogP contribution in [0.15, 0.2) is 42.5 Å². The molecule has 0 saturated carbocycles. The number of nitrogens with zero attached hydrogens (tertiary/aromatic N) is 2. The summed E-state index contributed by atoms with van der Waals surface area (Å²) in [5.41, 5.74) is 6.62. The zero-order valence-corrected chi connectivity index (χ0v) is 17.3. The highest BCUT2D eigenvalue weighted by atomic mass is 35.5. The number of nitrogen functional groups attached to an aromatic ring is 1. The van der Waals surface area contributed by atoms with E-state index in [1.54, 1.807) is 24.3 Å². The summed E-state index contributed by atoms with van der Waals surface area (Å²) in [5.74, 6) is 0.0769. The van der Waals surface area contributed by atoms with Crippen molar-refractivity contribution in [2.45, 2.75) is 6.42 Å². The van der Waals surface area contributed by atoms with Crippen molar-refractivity contribution in [3.63, 3.8) is 0 Å². The third-order valence-corrected chi connectivity index (χ3v) is 4.89. The third kappa shape index (κ3) is 5.08. The van der Waals surface area contributed by atoms with E-state index in [1.165, 1.54) is 25.3 Å². The predicted molar refractivity (Wildman–Crippen MR) is 113 cm³/mol. The maximum absolute atomic E-state index is 13.6. The molecule has 1 amide bonds. The van der Waals surface area contributed by atoms with E-state index in [1.807, 2.05) is 0 Å². The molecule has 0 radical (unpaired) electrons. The second-order valence-corrected chi connectivity index (χ2v) is 6.87. The lowest BCUT2D eigenvalue weighted by molar-refractivity contribution is 0.102. The summed E-state index contributed by atoms with van der Waals surface area (Å²) in [6.07, 6.45) is 0.241. The molecule has 10 heteroatoms. The first-order chi connectivity index (χ1) is 14.4. The van der Waals surface area contributed by atoms with Crippen LogP contribution in [0.2, 0.25) is 10.0 Å². The molecule has 0 saturated heterocycles. The van der Waals surface area contributed by atoms with E-state index < -0.39 is 5.82 Å². The van der Waals surface area contributed by atoms with Crippen molar-refractivity contribution in [3.05, 3.63) is 69.5 Å². The normalized spacial score (nSPS) is 10.5. The van der Waals surface area contributed by atoms with Crippen molar-refractivity contribution in [2.75, 3.05) is 24.8 Å². The van der Waals surface area contributed by atoms with Crippen LogP contribution >= 0.6 is 23.2 Å². The highest BCUT2D eigenvalue weighted by Crippen LogP contribution is 2.28. The minimum atomic E-state index is -0.565. The van der Waals surface area contributed by atoms with E-state index in [0.717, 1.165) is 0 Å². The Labute approximate surface area is 181 Å². The predicted octanol–water partition coefficient (Wildman–Crippen LogP) is 4.39. The molecule has 3 aromatic rings. The van der Waals surface area contributed by atoms with Crippen LogP contribution < -0.4 is 20.5 Å². The number of anilines is 2. The molecule has 30 heavy (non-hydrogen) atoms. The summed E-state index contributed by atoms with van der Waals surface area (Å²) in [6.45, 7) is 0.102. The number of ether oxygens (including phenoxy) is 2. The van der Waals surface area contributed by atoms with Crippen molar-refractivity contribution in [1.82, 2.24) is 10.2 Å². The molecule has 0 aliphatic carbocycles. The number of nitrogens with one attached hydrogen (secondary N) is 1. The number of hydrogen-bond donors (Lipinski definition) is 2. The molecular formula is C20H17Cl2FN4O3. The maximum Gasteiger partial charge on any atom is 0.256 e. The quantitative estimate of drug-likeness (QED) is 0.517. The van der Waals surface area contributed by atoms with Crippen molar-refractivity contribution in [2.24, 2.45) is 0 Å². The molecule has 2 aromatic carbocycles. The largest absolute Gasteiger partial charge is 0.497 e. The van der Waals surface area contributed by atoms with Crippen LogP contribution in [0.1, 0.15) is 15.9 Å². The highest BCUT2D eigenvalue weighted by Gasteiger charge is 2.13. The molecule has 0 bridgehead atoms. The number of amides is 1. The molecule has 0 atom stereocenters. The molecule has 3 rings (SSSR count). The fourth-order valence-electron chi connectivity index (χ4n) is 2.55. The Bertz CT molecular complexity index is 1060. The van der Waals surface area contributed by atoms with Gasteiger partial charge < -0.3 is 20.5 Å². The summed E-state index contributed by atoms with van der Waals surface area (Å²) in [7, 11) is 1.54. The van der Waals surface area contributed by atoms with Gasteiger partial charge in [-0.25, -0.2) is 4.39 Å². The number of methoxy groups -OCH3 is 1. The molecule has 1 aromatic heterocycles. The lowest BCUT2D eigenvalue weighted by Crippen LogP contribution is -2.14. The van der Waals surface area contributed by atoms with Crippen LogP contribution in [0.3, 0.4) is 0 Å². The van der Waals surface area contributed by atoms with E-state index in [4.69, 9.17) is 38.4 Å². The topological polar surface area (TPSA) is 99.4 Å². The fourth-order valence-corrected chi connectivity index (χ4v) is 3.11. The van der Waals surface area contributed by atoms with Gasteiger partial charge in [0.05, 0.1) is 18.7 Å². The zero-order valence-electron chi connectivity index (χ0n) is 15.8. The van der Waals surface area contributed by atoms with Crippen molar-refractivity contribution in [3.8, 4) is 11.5 Å². The van der Waals surface area contributed by atoms with Crippen LogP contribution in [0.25, 0.3) is 0 Å². The molecule has 0 fully saturated rings. The van der Waals surface area contributed by atoms with E-state index >= 15 is 0 Å². The Morgan fingerprint density at radius 2 is 1.90 bits per heavy atom. The minimum absolute atomic E-state index is 0.0360. The van der Waals surface area contributed by atoms with Crippen molar-refractivity contribution < 1.29 is 18.7 Å². The summed E-state index contributed by atoms with van der Waals surface area (Å²) in [5, 5.41) is 10.5. The number of nitrogens with two attached hydrogens (primary N) is 1. The summed E-state index contributed by atoms with van der Waals surface area (Å²) < 4.78 is 24.3. The fraction of sp³-hybridized carbons (Fsp3) is 0.150. The first kappa shape index (κ1) is 21.6. The molecule has 0 aliphatic rings. The number of halogens is 3. The van der Waals surface area contributed by atoms with Gasteiger partial charge in [0.2, 0.25) is 0 Å². The standard InChI is InChI=1S/C20H17Cl2FN4O3/c1-29-12-4-2-11(3-5-12)20(28)25-17-10-16(19(24)27-26-17)30-9-8-13-14(21)6-7-15(23)18(13)22/h2-7,10H,8-9H2,1H3,(H2,24,27)(H,25,26,28). The monoisotopic (exact) mass is 450 g/mol. The number of aromatic nitrogens is 2. The Kier molecular flexibility index (Phi) is 6.91. The van der Waals surface area contributed by atoms with Crippen LogP contribution in [-0.2, 0) is 6.42 Å². The number of hydrogen-bond acceptors (Lipinski definition) is 6. The average molecular weight is 451 g/mol. The SMILES string of the molecule is COc1ccc(C(=O)Nc2cc(OCCc3c(Cl)ccc(F)c3Cl)c(N)nn2)cc1. The molecule has 0 aliphatic heterocycles. The van der Waals surface area contributed by atoms with Crippen LogP contribution in [0.5, 0.6) is 11.5 Å². The van der Waals surface area contributed by atoms with Gasteiger partial charge in [0.15, 0.2) is 17.4 Å². The van der Waals surface area contributed by atoms with Gasteiger partial charge in [0.25, 0.3) is 5.91 Å². The van der Waals surface area contributed by atoms with Gasteiger partial charge in [-0.2, -0.15) is 0 Å². The second kappa shape index (κ2) is 9.60. The van der Waals surface area contributed by atoms with Gasteiger partial charge in [-0.1, -0.05) is 23.2 Å². The molecule has 1 heterocycles. The van der Waals surface area contributed by atoms with Gasteiger partial charge in [-0.05, 0) is 42.0 Å². The number of rotatable bonds is 7. The molecule has 3 N–H and O–H groups in total. The lowest BCUT2D eigenvalue weighted by Gasteiger charge is -2.12. The number of benzene rings is 2. The average Bonchev–Trinajstić information content (AvgIpc) is 2.75. The van der Waals surface area contributed by atoms with Gasteiger partial charge in [0, 0.05) is 23.1 Å².